The standard InChI is InChI=1S/C25H32N2O5/c1-4-30-21-17-20(18-22(31-5-2)23(21)32-6-3)25(29)27-14-10-13-26(15-16-27)24(28)19-11-8-7-9-12-19/h7-9,11-12,17-18H,4-6,10,13-16H2,1-3H3. The maximum atomic E-state index is 13.4. The van der Waals surface area contributed by atoms with Crippen molar-refractivity contribution in [2.75, 3.05) is 46.0 Å². The molecule has 0 atom stereocenters. The summed E-state index contributed by atoms with van der Waals surface area (Å²) in [6, 6.07) is 12.7. The van der Waals surface area contributed by atoms with E-state index < -0.39 is 0 Å². The zero-order chi connectivity index (χ0) is 22.9. The number of hydrogen-bond donors (Lipinski definition) is 0. The molecule has 1 heterocycles. The Hall–Kier alpha value is -3.22. The summed E-state index contributed by atoms with van der Waals surface area (Å²) in [5.41, 5.74) is 1.16. The highest BCUT2D eigenvalue weighted by Crippen LogP contribution is 2.39. The van der Waals surface area contributed by atoms with Crippen LogP contribution in [0.2, 0.25) is 0 Å². The summed E-state index contributed by atoms with van der Waals surface area (Å²) in [5, 5.41) is 0. The monoisotopic (exact) mass is 440 g/mol. The maximum absolute atomic E-state index is 13.4. The van der Waals surface area contributed by atoms with Gasteiger partial charge in [-0.15, -0.1) is 0 Å². The molecule has 1 fully saturated rings. The number of carbonyl (C=O) groups excluding carboxylic acids is 2. The molecule has 1 saturated heterocycles. The van der Waals surface area contributed by atoms with Crippen LogP contribution in [-0.2, 0) is 0 Å². The molecule has 1 aliphatic rings. The number of rotatable bonds is 8. The molecule has 2 aromatic rings. The zero-order valence-electron chi connectivity index (χ0n) is 19.1. The third-order valence-corrected chi connectivity index (χ3v) is 5.25. The summed E-state index contributed by atoms with van der Waals surface area (Å²) < 4.78 is 17.2. The molecule has 0 saturated carbocycles. The minimum atomic E-state index is -0.107. The molecular weight excluding hydrogens is 408 g/mol. The first-order chi connectivity index (χ1) is 15.6. The summed E-state index contributed by atoms with van der Waals surface area (Å²) in [4.78, 5) is 29.8. The summed E-state index contributed by atoms with van der Waals surface area (Å²) >= 11 is 0. The molecule has 0 unspecified atom stereocenters. The van der Waals surface area contributed by atoms with Gasteiger partial charge in [-0.05, 0) is 51.5 Å². The van der Waals surface area contributed by atoms with Crippen molar-refractivity contribution in [3.63, 3.8) is 0 Å². The molecule has 0 radical (unpaired) electrons. The van der Waals surface area contributed by atoms with Crippen molar-refractivity contribution in [2.45, 2.75) is 27.2 Å². The minimum Gasteiger partial charge on any atom is -0.490 e. The van der Waals surface area contributed by atoms with E-state index in [2.05, 4.69) is 0 Å². The van der Waals surface area contributed by atoms with Crippen LogP contribution in [0.1, 0.15) is 47.9 Å². The van der Waals surface area contributed by atoms with Crippen LogP contribution < -0.4 is 14.2 Å². The van der Waals surface area contributed by atoms with Crippen LogP contribution in [0, 0.1) is 0 Å². The van der Waals surface area contributed by atoms with Crippen molar-refractivity contribution in [2.24, 2.45) is 0 Å². The van der Waals surface area contributed by atoms with Gasteiger partial charge in [0.25, 0.3) is 11.8 Å². The van der Waals surface area contributed by atoms with Crippen molar-refractivity contribution >= 4 is 11.8 Å². The SMILES string of the molecule is CCOc1cc(C(=O)N2CCCN(C(=O)c3ccccc3)CC2)cc(OCC)c1OCC. The lowest BCUT2D eigenvalue weighted by atomic mass is 10.1. The Balaban J connectivity index is 1.78. The van der Waals surface area contributed by atoms with E-state index in [0.717, 1.165) is 6.42 Å². The Morgan fingerprint density at radius 1 is 0.719 bits per heavy atom. The Morgan fingerprint density at radius 3 is 1.72 bits per heavy atom. The van der Waals surface area contributed by atoms with Crippen molar-refractivity contribution in [3.8, 4) is 17.2 Å². The van der Waals surface area contributed by atoms with Gasteiger partial charge in [-0.1, -0.05) is 18.2 Å². The second kappa shape index (κ2) is 11.4. The van der Waals surface area contributed by atoms with Crippen LogP contribution in [0.15, 0.2) is 42.5 Å². The second-order valence-corrected chi connectivity index (χ2v) is 7.40. The van der Waals surface area contributed by atoms with Gasteiger partial charge in [-0.2, -0.15) is 0 Å². The first-order valence-corrected chi connectivity index (χ1v) is 11.3. The summed E-state index contributed by atoms with van der Waals surface area (Å²) in [7, 11) is 0. The van der Waals surface area contributed by atoms with Crippen molar-refractivity contribution < 1.29 is 23.8 Å². The van der Waals surface area contributed by atoms with Crippen LogP contribution in [-0.4, -0.2) is 67.6 Å². The summed E-state index contributed by atoms with van der Waals surface area (Å²) in [6.07, 6.45) is 0.720. The van der Waals surface area contributed by atoms with Gasteiger partial charge in [0.05, 0.1) is 19.8 Å². The van der Waals surface area contributed by atoms with Gasteiger partial charge in [0.1, 0.15) is 0 Å². The smallest absolute Gasteiger partial charge is 0.254 e. The first-order valence-electron chi connectivity index (χ1n) is 11.3. The average Bonchev–Trinajstić information content (AvgIpc) is 3.07. The van der Waals surface area contributed by atoms with E-state index in [-0.39, 0.29) is 11.8 Å². The number of benzene rings is 2. The summed E-state index contributed by atoms with van der Waals surface area (Å²) in [6.45, 7) is 9.19. The fraction of sp³-hybridized carbons (Fsp3) is 0.440. The van der Waals surface area contributed by atoms with Crippen LogP contribution in [0.25, 0.3) is 0 Å². The fourth-order valence-electron chi connectivity index (χ4n) is 3.78. The lowest BCUT2D eigenvalue weighted by molar-refractivity contribution is 0.0718. The van der Waals surface area contributed by atoms with E-state index in [1.165, 1.54) is 0 Å². The van der Waals surface area contributed by atoms with Crippen molar-refractivity contribution in [1.29, 1.82) is 0 Å². The molecule has 3 rings (SSSR count). The van der Waals surface area contributed by atoms with Crippen molar-refractivity contribution in [3.05, 3.63) is 53.6 Å². The molecule has 7 nitrogen and oxygen atoms in total. The average molecular weight is 441 g/mol. The van der Waals surface area contributed by atoms with Crippen LogP contribution in [0.4, 0.5) is 0 Å². The molecule has 32 heavy (non-hydrogen) atoms. The lowest BCUT2D eigenvalue weighted by Crippen LogP contribution is -2.37. The van der Waals surface area contributed by atoms with E-state index in [1.54, 1.807) is 17.0 Å². The largest absolute Gasteiger partial charge is 0.490 e. The van der Waals surface area contributed by atoms with Crippen molar-refractivity contribution in [1.82, 2.24) is 9.80 Å². The van der Waals surface area contributed by atoms with Gasteiger partial charge in [-0.3, -0.25) is 9.59 Å². The van der Waals surface area contributed by atoms with E-state index in [1.807, 2.05) is 56.0 Å². The third kappa shape index (κ3) is 5.52. The Bertz CT molecular complexity index is 889. The number of amides is 2. The van der Waals surface area contributed by atoms with Gasteiger partial charge < -0.3 is 24.0 Å². The Kier molecular flexibility index (Phi) is 8.36. The number of nitrogens with zero attached hydrogens (tertiary/aromatic N) is 2. The highest BCUT2D eigenvalue weighted by Gasteiger charge is 2.25. The Morgan fingerprint density at radius 2 is 1.22 bits per heavy atom. The topological polar surface area (TPSA) is 68.3 Å². The molecule has 0 aromatic heterocycles. The highest BCUT2D eigenvalue weighted by atomic mass is 16.5. The van der Waals surface area contributed by atoms with E-state index in [4.69, 9.17) is 14.2 Å². The molecule has 7 heteroatoms. The molecular formula is C25H32N2O5. The predicted octanol–water partition coefficient (Wildman–Crippen LogP) is 3.87. The van der Waals surface area contributed by atoms with Crippen LogP contribution in [0.5, 0.6) is 17.2 Å². The molecule has 0 bridgehead atoms. The lowest BCUT2D eigenvalue weighted by Gasteiger charge is -2.23. The molecule has 172 valence electrons. The quantitative estimate of drug-likeness (QED) is 0.623. The predicted molar refractivity (Wildman–Crippen MR) is 123 cm³/mol. The number of ether oxygens (including phenoxy) is 3. The summed E-state index contributed by atoms with van der Waals surface area (Å²) in [5.74, 6) is 1.41. The van der Waals surface area contributed by atoms with Gasteiger partial charge in [-0.25, -0.2) is 0 Å². The van der Waals surface area contributed by atoms with Gasteiger partial charge >= 0.3 is 0 Å². The second-order valence-electron chi connectivity index (χ2n) is 7.40. The first kappa shape index (κ1) is 23.4. The molecule has 2 aromatic carbocycles. The molecule has 0 spiro atoms. The highest BCUT2D eigenvalue weighted by molar-refractivity contribution is 5.96. The molecule has 0 aliphatic carbocycles. The third-order valence-electron chi connectivity index (χ3n) is 5.25. The Labute approximate surface area is 189 Å². The van der Waals surface area contributed by atoms with Crippen LogP contribution >= 0.6 is 0 Å². The maximum Gasteiger partial charge on any atom is 0.254 e. The van der Waals surface area contributed by atoms with E-state index in [0.29, 0.717) is 74.4 Å². The fourth-order valence-corrected chi connectivity index (χ4v) is 3.78. The molecule has 0 N–H and O–H groups in total. The van der Waals surface area contributed by atoms with Gasteiger partial charge in [0.15, 0.2) is 11.5 Å². The zero-order valence-corrected chi connectivity index (χ0v) is 19.1. The molecule has 1 aliphatic heterocycles. The molecule has 2 amide bonds. The van der Waals surface area contributed by atoms with E-state index >= 15 is 0 Å². The van der Waals surface area contributed by atoms with Gasteiger partial charge in [0.2, 0.25) is 5.75 Å². The minimum absolute atomic E-state index is 0.00164. The number of hydrogen-bond acceptors (Lipinski definition) is 5. The number of carbonyl (C=O) groups is 2. The van der Waals surface area contributed by atoms with Gasteiger partial charge in [0, 0.05) is 37.3 Å². The normalized spacial score (nSPS) is 14.0. The van der Waals surface area contributed by atoms with Crippen LogP contribution in [0.3, 0.4) is 0 Å². The van der Waals surface area contributed by atoms with E-state index in [9.17, 15) is 9.59 Å².